The molecule has 1 heterocycles. The van der Waals surface area contributed by atoms with Crippen molar-refractivity contribution in [3.63, 3.8) is 0 Å². The van der Waals surface area contributed by atoms with Gasteiger partial charge in [-0.25, -0.2) is 4.79 Å². The molecule has 1 saturated heterocycles. The van der Waals surface area contributed by atoms with Crippen LogP contribution in [0.5, 0.6) is 0 Å². The van der Waals surface area contributed by atoms with Crippen molar-refractivity contribution in [2.45, 2.75) is 13.8 Å². The highest BCUT2D eigenvalue weighted by Crippen LogP contribution is 2.02. The van der Waals surface area contributed by atoms with Crippen molar-refractivity contribution in [1.29, 1.82) is 0 Å². The lowest BCUT2D eigenvalue weighted by molar-refractivity contribution is 0.200. The highest BCUT2D eigenvalue weighted by Gasteiger charge is 2.20. The number of urea groups is 1. The highest BCUT2D eigenvalue weighted by molar-refractivity contribution is 7.80. The lowest BCUT2D eigenvalue weighted by atomic mass is 10.1. The summed E-state index contributed by atoms with van der Waals surface area (Å²) < 4.78 is 0. The minimum atomic E-state index is 0.0449. The minimum absolute atomic E-state index is 0.0449. The van der Waals surface area contributed by atoms with E-state index in [0.717, 1.165) is 39.3 Å². The van der Waals surface area contributed by atoms with Crippen molar-refractivity contribution in [1.82, 2.24) is 15.1 Å². The van der Waals surface area contributed by atoms with Crippen LogP contribution in [0.1, 0.15) is 13.8 Å². The average molecular weight is 258 g/mol. The van der Waals surface area contributed by atoms with Crippen molar-refractivity contribution in [3.05, 3.63) is 0 Å². The Labute approximate surface area is 108 Å². The molecule has 5 nitrogen and oxygen atoms in total. The number of nitrogens with one attached hydrogen (secondary N) is 1. The fourth-order valence-electron chi connectivity index (χ4n) is 1.84. The molecule has 1 unspecified atom stereocenters. The third-order valence-corrected chi connectivity index (χ3v) is 3.50. The number of carbonyl (C=O) groups is 1. The number of nitrogens with two attached hydrogens (primary N) is 1. The van der Waals surface area contributed by atoms with Crippen molar-refractivity contribution in [2.24, 2.45) is 11.7 Å². The smallest absolute Gasteiger partial charge is 0.317 e. The molecule has 1 aliphatic rings. The topological polar surface area (TPSA) is 61.6 Å². The number of rotatable bonds is 7. The fourth-order valence-corrected chi connectivity index (χ4v) is 1.92. The summed E-state index contributed by atoms with van der Waals surface area (Å²) in [6.45, 7) is 9.16. The van der Waals surface area contributed by atoms with E-state index in [9.17, 15) is 4.79 Å². The van der Waals surface area contributed by atoms with Crippen LogP contribution >= 0.6 is 12.2 Å². The number of likely N-dealkylation sites (N-methyl/N-ethyl adjacent to an activating group) is 1. The van der Waals surface area contributed by atoms with Gasteiger partial charge in [-0.3, -0.25) is 0 Å². The van der Waals surface area contributed by atoms with Gasteiger partial charge in [0.25, 0.3) is 0 Å². The van der Waals surface area contributed by atoms with Crippen molar-refractivity contribution in [3.8, 4) is 0 Å². The summed E-state index contributed by atoms with van der Waals surface area (Å²) in [7, 11) is 0. The first-order valence-corrected chi connectivity index (χ1v) is 6.49. The summed E-state index contributed by atoms with van der Waals surface area (Å²) in [6, 6.07) is 0.0449. The van der Waals surface area contributed by atoms with Crippen LogP contribution in [0, 0.1) is 5.92 Å². The Balaban J connectivity index is 2.31. The number of nitrogens with zero attached hydrogens (tertiary/aromatic N) is 2. The summed E-state index contributed by atoms with van der Waals surface area (Å²) in [5, 5.41) is 2.80. The van der Waals surface area contributed by atoms with Gasteiger partial charge >= 0.3 is 6.03 Å². The second kappa shape index (κ2) is 6.76. The predicted molar refractivity (Wildman–Crippen MR) is 73.0 cm³/mol. The van der Waals surface area contributed by atoms with E-state index in [-0.39, 0.29) is 11.9 Å². The van der Waals surface area contributed by atoms with Gasteiger partial charge in [0.05, 0.1) is 4.99 Å². The highest BCUT2D eigenvalue weighted by atomic mass is 32.1. The molecule has 3 N–H and O–H groups in total. The van der Waals surface area contributed by atoms with Crippen LogP contribution in [-0.4, -0.2) is 60.1 Å². The van der Waals surface area contributed by atoms with Crippen molar-refractivity contribution < 1.29 is 4.79 Å². The van der Waals surface area contributed by atoms with E-state index in [1.165, 1.54) is 0 Å². The van der Waals surface area contributed by atoms with Crippen molar-refractivity contribution in [2.75, 3.05) is 39.3 Å². The second-order valence-corrected chi connectivity index (χ2v) is 4.89. The van der Waals surface area contributed by atoms with Crippen molar-refractivity contribution >= 4 is 23.2 Å². The van der Waals surface area contributed by atoms with Crippen LogP contribution in [0.15, 0.2) is 0 Å². The van der Waals surface area contributed by atoms with Crippen LogP contribution < -0.4 is 11.1 Å². The monoisotopic (exact) mass is 258 g/mol. The fraction of sp³-hybridized carbons (Fsp3) is 0.818. The van der Waals surface area contributed by atoms with Crippen LogP contribution in [0.25, 0.3) is 0 Å². The lowest BCUT2D eigenvalue weighted by Crippen LogP contribution is -2.40. The van der Waals surface area contributed by atoms with E-state index < -0.39 is 0 Å². The third kappa shape index (κ3) is 4.47. The average Bonchev–Trinajstić information content (AvgIpc) is 2.69. The standard InChI is InChI=1S/C11H22N4OS/c1-3-14(8-9(2)10(12)17)6-7-15-5-4-13-11(15)16/h9H,3-8H2,1-2H3,(H2,12,17)(H,13,16). The second-order valence-electron chi connectivity index (χ2n) is 4.42. The normalized spacial score (nSPS) is 17.4. The predicted octanol–water partition coefficient (Wildman–Crippen LogP) is 0.256. The largest absolute Gasteiger partial charge is 0.393 e. The number of hydrogen-bond donors (Lipinski definition) is 2. The summed E-state index contributed by atoms with van der Waals surface area (Å²) in [6.07, 6.45) is 0. The minimum Gasteiger partial charge on any atom is -0.393 e. The third-order valence-electron chi connectivity index (χ3n) is 3.10. The van der Waals surface area contributed by atoms with Crippen LogP contribution in [-0.2, 0) is 0 Å². The Hall–Kier alpha value is -0.880. The summed E-state index contributed by atoms with van der Waals surface area (Å²) in [5.74, 6) is 0.220. The summed E-state index contributed by atoms with van der Waals surface area (Å²) in [4.78, 5) is 16.0. The molecule has 0 aromatic carbocycles. The molecule has 1 aliphatic heterocycles. The first kappa shape index (κ1) is 14.2. The number of hydrogen-bond acceptors (Lipinski definition) is 3. The zero-order valence-electron chi connectivity index (χ0n) is 10.6. The maximum Gasteiger partial charge on any atom is 0.317 e. The SMILES string of the molecule is CCN(CCN1CCNC1=O)CC(C)C(N)=S. The summed E-state index contributed by atoms with van der Waals surface area (Å²) >= 11 is 4.97. The van der Waals surface area contributed by atoms with E-state index in [1.807, 2.05) is 11.8 Å². The Morgan fingerprint density at radius 1 is 1.71 bits per heavy atom. The molecule has 0 bridgehead atoms. The Morgan fingerprint density at radius 2 is 2.41 bits per heavy atom. The zero-order valence-corrected chi connectivity index (χ0v) is 11.4. The molecule has 0 spiro atoms. The molecule has 0 radical (unpaired) electrons. The van der Waals surface area contributed by atoms with Gasteiger partial charge < -0.3 is 20.9 Å². The first-order valence-electron chi connectivity index (χ1n) is 6.09. The molecule has 0 saturated carbocycles. The van der Waals surface area contributed by atoms with Gasteiger partial charge in [-0.15, -0.1) is 0 Å². The quantitative estimate of drug-likeness (QED) is 0.643. The maximum absolute atomic E-state index is 11.4. The summed E-state index contributed by atoms with van der Waals surface area (Å²) in [5.41, 5.74) is 5.61. The number of carbonyl (C=O) groups excluding carboxylic acids is 1. The first-order chi connectivity index (χ1) is 8.04. The molecular formula is C11H22N4OS. The van der Waals surface area contributed by atoms with E-state index in [0.29, 0.717) is 4.99 Å². The molecule has 0 aromatic heterocycles. The molecule has 1 atom stereocenters. The molecule has 98 valence electrons. The van der Waals surface area contributed by atoms with Gasteiger partial charge in [-0.2, -0.15) is 0 Å². The number of thiocarbonyl (C=S) groups is 1. The van der Waals surface area contributed by atoms with Crippen LogP contribution in [0.4, 0.5) is 4.79 Å². The Morgan fingerprint density at radius 3 is 2.88 bits per heavy atom. The van der Waals surface area contributed by atoms with Gasteiger partial charge in [0, 0.05) is 38.6 Å². The zero-order chi connectivity index (χ0) is 12.8. The van der Waals surface area contributed by atoms with E-state index in [1.54, 1.807) is 0 Å². The molecule has 6 heteroatoms. The Kier molecular flexibility index (Phi) is 5.64. The van der Waals surface area contributed by atoms with Gasteiger partial charge in [-0.05, 0) is 6.54 Å². The van der Waals surface area contributed by atoms with Crippen LogP contribution in [0.2, 0.25) is 0 Å². The van der Waals surface area contributed by atoms with Gasteiger partial charge in [0.2, 0.25) is 0 Å². The molecule has 1 rings (SSSR count). The van der Waals surface area contributed by atoms with Gasteiger partial charge in [0.15, 0.2) is 0 Å². The molecule has 0 aromatic rings. The molecule has 0 aliphatic carbocycles. The van der Waals surface area contributed by atoms with Crippen LogP contribution in [0.3, 0.4) is 0 Å². The molecule has 2 amide bonds. The van der Waals surface area contributed by atoms with E-state index in [2.05, 4.69) is 17.1 Å². The lowest BCUT2D eigenvalue weighted by Gasteiger charge is -2.25. The van der Waals surface area contributed by atoms with Gasteiger partial charge in [-0.1, -0.05) is 26.1 Å². The van der Waals surface area contributed by atoms with E-state index >= 15 is 0 Å². The molecular weight excluding hydrogens is 236 g/mol. The Bertz CT molecular complexity index is 285. The molecule has 17 heavy (non-hydrogen) atoms. The van der Waals surface area contributed by atoms with E-state index in [4.69, 9.17) is 18.0 Å². The maximum atomic E-state index is 11.4. The molecule has 1 fully saturated rings. The van der Waals surface area contributed by atoms with Gasteiger partial charge in [0.1, 0.15) is 0 Å². The number of amides is 2.